The zero-order valence-electron chi connectivity index (χ0n) is 14.7. The molecule has 1 saturated heterocycles. The Morgan fingerprint density at radius 1 is 1.20 bits per heavy atom. The first-order valence-electron chi connectivity index (χ1n) is 8.04. The Kier molecular flexibility index (Phi) is 5.95. The van der Waals surface area contributed by atoms with Crippen molar-refractivity contribution in [1.29, 1.82) is 0 Å². The molecule has 0 saturated carbocycles. The number of methoxy groups -OCH3 is 2. The molecule has 1 N–H and O–H groups in total. The zero-order chi connectivity index (χ0) is 18.4. The predicted molar refractivity (Wildman–Crippen MR) is 91.1 cm³/mol. The lowest BCUT2D eigenvalue weighted by Gasteiger charge is -2.39. The highest BCUT2D eigenvalue weighted by molar-refractivity contribution is 6.37. The van der Waals surface area contributed by atoms with Gasteiger partial charge in [0.25, 0.3) is 0 Å². The maximum atomic E-state index is 11.5. The van der Waals surface area contributed by atoms with Gasteiger partial charge in [-0.1, -0.05) is 6.92 Å². The van der Waals surface area contributed by atoms with E-state index in [-0.39, 0.29) is 11.4 Å². The van der Waals surface area contributed by atoms with E-state index in [4.69, 9.17) is 4.74 Å². The molecular formula is C17H23N3O5. The third-order valence-electron chi connectivity index (χ3n) is 4.47. The Morgan fingerprint density at radius 3 is 2.40 bits per heavy atom. The molecule has 0 aliphatic carbocycles. The van der Waals surface area contributed by atoms with E-state index in [1.807, 2.05) is 0 Å². The number of nitrogens with zero attached hydrogens (tertiary/aromatic N) is 2. The molecule has 25 heavy (non-hydrogen) atoms. The van der Waals surface area contributed by atoms with Crippen molar-refractivity contribution in [2.45, 2.75) is 26.2 Å². The van der Waals surface area contributed by atoms with E-state index >= 15 is 0 Å². The summed E-state index contributed by atoms with van der Waals surface area (Å²) >= 11 is 0. The molecule has 0 bridgehead atoms. The summed E-state index contributed by atoms with van der Waals surface area (Å²) < 4.78 is 9.11. The van der Waals surface area contributed by atoms with Crippen LogP contribution in [0.15, 0.2) is 18.3 Å². The van der Waals surface area contributed by atoms with Gasteiger partial charge in [0, 0.05) is 13.1 Å². The molecule has 0 radical (unpaired) electrons. The van der Waals surface area contributed by atoms with Crippen molar-refractivity contribution in [2.75, 3.05) is 37.5 Å². The van der Waals surface area contributed by atoms with Gasteiger partial charge in [0.2, 0.25) is 0 Å². The van der Waals surface area contributed by atoms with Gasteiger partial charge < -0.3 is 19.7 Å². The molecule has 2 rings (SSSR count). The molecule has 0 aromatic carbocycles. The molecule has 1 aliphatic heterocycles. The fraction of sp³-hybridized carbons (Fsp3) is 0.529. The maximum Gasteiger partial charge on any atom is 0.396 e. The van der Waals surface area contributed by atoms with Crippen molar-refractivity contribution in [2.24, 2.45) is 5.41 Å². The van der Waals surface area contributed by atoms with Crippen molar-refractivity contribution >= 4 is 29.4 Å². The first-order valence-corrected chi connectivity index (χ1v) is 8.04. The van der Waals surface area contributed by atoms with Crippen LogP contribution in [-0.2, 0) is 23.9 Å². The molecule has 1 aliphatic rings. The van der Waals surface area contributed by atoms with Gasteiger partial charge in [-0.25, -0.2) is 9.78 Å². The van der Waals surface area contributed by atoms with Crippen LogP contribution in [0, 0.1) is 5.41 Å². The van der Waals surface area contributed by atoms with Gasteiger partial charge in [0.1, 0.15) is 5.82 Å². The molecule has 136 valence electrons. The third-order valence-corrected chi connectivity index (χ3v) is 4.47. The zero-order valence-corrected chi connectivity index (χ0v) is 14.7. The summed E-state index contributed by atoms with van der Waals surface area (Å²) in [6.07, 6.45) is 3.65. The van der Waals surface area contributed by atoms with Crippen LogP contribution in [0.4, 0.5) is 11.5 Å². The van der Waals surface area contributed by atoms with Crippen LogP contribution in [0.2, 0.25) is 0 Å². The van der Waals surface area contributed by atoms with Crippen molar-refractivity contribution in [3.63, 3.8) is 0 Å². The van der Waals surface area contributed by atoms with Gasteiger partial charge in [-0.3, -0.25) is 9.59 Å². The number of rotatable bonds is 4. The topological polar surface area (TPSA) is 97.8 Å². The average molecular weight is 349 g/mol. The summed E-state index contributed by atoms with van der Waals surface area (Å²) in [6.45, 7) is 3.67. The Hall–Kier alpha value is -2.64. The summed E-state index contributed by atoms with van der Waals surface area (Å²) in [6, 6.07) is 3.47. The Balaban J connectivity index is 1.92. The fourth-order valence-corrected chi connectivity index (χ4v) is 2.79. The molecule has 2 heterocycles. The van der Waals surface area contributed by atoms with E-state index in [1.165, 1.54) is 13.3 Å². The van der Waals surface area contributed by atoms with Gasteiger partial charge in [-0.15, -0.1) is 0 Å². The van der Waals surface area contributed by atoms with Gasteiger partial charge >= 0.3 is 17.8 Å². The second-order valence-corrected chi connectivity index (χ2v) is 6.40. The fourth-order valence-electron chi connectivity index (χ4n) is 2.79. The SMILES string of the molecule is COC(=O)CC1(C)CCN(c2ccc(NC(=O)C(=O)OC)cn2)CC1. The first kappa shape index (κ1) is 18.7. The van der Waals surface area contributed by atoms with Crippen LogP contribution < -0.4 is 10.2 Å². The summed E-state index contributed by atoms with van der Waals surface area (Å²) in [5.41, 5.74) is 0.365. The van der Waals surface area contributed by atoms with E-state index in [0.29, 0.717) is 12.1 Å². The number of aromatic nitrogens is 1. The molecule has 0 unspecified atom stereocenters. The predicted octanol–water partition coefficient (Wildman–Crippen LogP) is 1.36. The largest absolute Gasteiger partial charge is 0.469 e. The Bertz CT molecular complexity index is 636. The molecule has 1 aromatic heterocycles. The molecule has 1 aromatic rings. The number of hydrogen-bond donors (Lipinski definition) is 1. The molecule has 0 atom stereocenters. The van der Waals surface area contributed by atoms with Crippen LogP contribution >= 0.6 is 0 Å². The smallest absolute Gasteiger partial charge is 0.396 e. The number of anilines is 2. The molecule has 8 nitrogen and oxygen atoms in total. The van der Waals surface area contributed by atoms with E-state index < -0.39 is 11.9 Å². The van der Waals surface area contributed by atoms with Gasteiger partial charge in [-0.2, -0.15) is 0 Å². The van der Waals surface area contributed by atoms with Crippen molar-refractivity contribution in [1.82, 2.24) is 4.98 Å². The Morgan fingerprint density at radius 2 is 1.88 bits per heavy atom. The number of pyridine rings is 1. The normalized spacial score (nSPS) is 16.0. The average Bonchev–Trinajstić information content (AvgIpc) is 2.62. The lowest BCUT2D eigenvalue weighted by Crippen LogP contribution is -2.40. The van der Waals surface area contributed by atoms with Crippen molar-refractivity contribution in [3.8, 4) is 0 Å². The molecule has 8 heteroatoms. The minimum absolute atomic E-state index is 0.0575. The standard InChI is InChI=1S/C17H23N3O5/c1-17(10-14(21)24-2)6-8-20(9-7-17)13-5-4-12(11-18-13)19-15(22)16(23)25-3/h4-5,11H,6-10H2,1-3H3,(H,19,22). The van der Waals surface area contributed by atoms with Crippen LogP contribution in [0.1, 0.15) is 26.2 Å². The van der Waals surface area contributed by atoms with E-state index in [0.717, 1.165) is 38.9 Å². The van der Waals surface area contributed by atoms with E-state index in [9.17, 15) is 14.4 Å². The van der Waals surface area contributed by atoms with E-state index in [1.54, 1.807) is 12.1 Å². The highest BCUT2D eigenvalue weighted by Gasteiger charge is 2.33. The third kappa shape index (κ3) is 4.91. The van der Waals surface area contributed by atoms with Crippen LogP contribution in [0.25, 0.3) is 0 Å². The number of esters is 2. The number of amides is 1. The molecule has 1 fully saturated rings. The Labute approximate surface area is 146 Å². The number of piperidine rings is 1. The van der Waals surface area contributed by atoms with E-state index in [2.05, 4.69) is 26.9 Å². The van der Waals surface area contributed by atoms with Crippen LogP contribution in [0.5, 0.6) is 0 Å². The minimum Gasteiger partial charge on any atom is -0.469 e. The van der Waals surface area contributed by atoms with Crippen LogP contribution in [0.3, 0.4) is 0 Å². The number of ether oxygens (including phenoxy) is 2. The molecule has 1 amide bonds. The second-order valence-electron chi connectivity index (χ2n) is 6.40. The van der Waals surface area contributed by atoms with Crippen LogP contribution in [-0.4, -0.2) is 50.1 Å². The lowest BCUT2D eigenvalue weighted by atomic mass is 9.77. The minimum atomic E-state index is -0.954. The summed E-state index contributed by atoms with van der Waals surface area (Å²) in [7, 11) is 2.55. The summed E-state index contributed by atoms with van der Waals surface area (Å²) in [5.74, 6) is -1.19. The van der Waals surface area contributed by atoms with Gasteiger partial charge in [0.15, 0.2) is 0 Å². The second kappa shape index (κ2) is 7.96. The monoisotopic (exact) mass is 349 g/mol. The highest BCUT2D eigenvalue weighted by Crippen LogP contribution is 2.35. The van der Waals surface area contributed by atoms with Crippen molar-refractivity contribution in [3.05, 3.63) is 18.3 Å². The summed E-state index contributed by atoms with van der Waals surface area (Å²) in [4.78, 5) is 40.5. The first-order chi connectivity index (χ1) is 11.9. The number of carbonyl (C=O) groups excluding carboxylic acids is 3. The quantitative estimate of drug-likeness (QED) is 0.647. The summed E-state index contributed by atoms with van der Waals surface area (Å²) in [5, 5.41) is 2.42. The molecule has 0 spiro atoms. The molecular weight excluding hydrogens is 326 g/mol. The van der Waals surface area contributed by atoms with Crippen molar-refractivity contribution < 1.29 is 23.9 Å². The lowest BCUT2D eigenvalue weighted by molar-refractivity contribution is -0.150. The highest BCUT2D eigenvalue weighted by atomic mass is 16.5. The van der Waals surface area contributed by atoms with Gasteiger partial charge in [-0.05, 0) is 30.4 Å². The van der Waals surface area contributed by atoms with Gasteiger partial charge in [0.05, 0.1) is 32.5 Å². The number of nitrogens with one attached hydrogen (secondary N) is 1. The maximum absolute atomic E-state index is 11.5. The number of hydrogen-bond acceptors (Lipinski definition) is 7. The number of carbonyl (C=O) groups is 3.